The zero-order valence-corrected chi connectivity index (χ0v) is 27.4. The molecule has 0 radical (unpaired) electrons. The first-order valence-corrected chi connectivity index (χ1v) is 17.4. The Hall–Kier alpha value is -2.77. The lowest BCUT2D eigenvalue weighted by atomic mass is 10.0. The van der Waals surface area contributed by atoms with Crippen LogP contribution in [0.15, 0.2) is 47.4 Å². The van der Waals surface area contributed by atoms with Crippen molar-refractivity contribution in [3.05, 3.63) is 59.3 Å². The number of nitrogens with one attached hydrogen (secondary N) is 1. The van der Waals surface area contributed by atoms with Crippen LogP contribution in [0.5, 0.6) is 5.75 Å². The van der Waals surface area contributed by atoms with Crippen molar-refractivity contribution in [1.82, 2.24) is 24.9 Å². The average Bonchev–Trinajstić information content (AvgIpc) is 3.43. The van der Waals surface area contributed by atoms with Gasteiger partial charge in [-0.25, -0.2) is 0 Å². The minimum atomic E-state index is -4.42. The lowest BCUT2D eigenvalue weighted by Crippen LogP contribution is -2.49. The number of hydrogen-bond donors (Lipinski definition) is 2. The summed E-state index contributed by atoms with van der Waals surface area (Å²) in [7, 11) is 1.69. The maximum atomic E-state index is 14.0. The Morgan fingerprint density at radius 3 is 2.52 bits per heavy atom. The van der Waals surface area contributed by atoms with Crippen molar-refractivity contribution < 1.29 is 23.0 Å². The molecule has 4 heterocycles. The van der Waals surface area contributed by atoms with Crippen LogP contribution in [0.25, 0.3) is 11.3 Å². The molecule has 0 amide bonds. The number of para-hydroxylation sites is 2. The summed E-state index contributed by atoms with van der Waals surface area (Å²) in [6, 6.07) is 12.5. The van der Waals surface area contributed by atoms with E-state index in [1.807, 2.05) is 22.9 Å². The predicted molar refractivity (Wildman–Crippen MR) is 177 cm³/mol. The van der Waals surface area contributed by atoms with Gasteiger partial charge in [0, 0.05) is 86.2 Å². The summed E-state index contributed by atoms with van der Waals surface area (Å²) < 4.78 is 49.5. The number of benzene rings is 2. The molecule has 3 aromatic rings. The lowest BCUT2D eigenvalue weighted by molar-refractivity contribution is -0.139. The van der Waals surface area contributed by atoms with Gasteiger partial charge < -0.3 is 25.0 Å². The molecule has 1 atom stereocenters. The molecule has 1 aromatic heterocycles. The number of halogens is 3. The Balaban J connectivity index is 1.14. The Labute approximate surface area is 273 Å². The van der Waals surface area contributed by atoms with E-state index in [0.717, 1.165) is 94.3 Å². The van der Waals surface area contributed by atoms with Crippen LogP contribution in [0.3, 0.4) is 0 Å². The normalized spacial score (nSPS) is 18.8. The number of β-amino-alcohol motifs (C(OH)–C–C–N with tert-alkyl or cyclic N) is 1. The molecule has 0 spiro atoms. The van der Waals surface area contributed by atoms with Crippen LogP contribution in [0, 0.1) is 0 Å². The van der Waals surface area contributed by atoms with E-state index in [4.69, 9.17) is 9.84 Å². The molecule has 6 rings (SSSR count). The molecule has 0 saturated carbocycles. The van der Waals surface area contributed by atoms with Gasteiger partial charge >= 0.3 is 6.18 Å². The largest absolute Gasteiger partial charge is 0.495 e. The number of piperidine rings is 1. The van der Waals surface area contributed by atoms with E-state index >= 15 is 0 Å². The smallest absolute Gasteiger partial charge is 0.417 e. The Morgan fingerprint density at radius 1 is 0.978 bits per heavy atom. The van der Waals surface area contributed by atoms with E-state index in [9.17, 15) is 18.3 Å². The second-order valence-electron chi connectivity index (χ2n) is 12.5. The number of likely N-dealkylation sites (tertiary alicyclic amines) is 1. The highest BCUT2D eigenvalue weighted by Crippen LogP contribution is 2.40. The number of nitrogens with zero attached hydrogens (tertiary/aromatic N) is 5. The molecule has 250 valence electrons. The number of methoxy groups -OCH3 is 1. The van der Waals surface area contributed by atoms with Crippen molar-refractivity contribution in [1.29, 1.82) is 0 Å². The van der Waals surface area contributed by atoms with Crippen LogP contribution >= 0.6 is 11.8 Å². The summed E-state index contributed by atoms with van der Waals surface area (Å²) in [5, 5.41) is 19.5. The standard InChI is InChI=1S/C34H45F3N6O2S/c1-45-31-8-4-3-7-30(31)42-17-15-41(16-18-42)23-26(44)24-43-29-11-12-38-22-27(29)33(39-43)25-9-10-28(34(35,36)37)32(21-25)46-20-19-40-13-5-2-6-14-40/h3-4,7-10,21,26,38,44H,2,5-6,11-20,22-24H2,1H3. The monoisotopic (exact) mass is 658 g/mol. The minimum absolute atomic E-state index is 0.251. The number of alkyl halides is 3. The topological polar surface area (TPSA) is 69.0 Å². The molecule has 8 nitrogen and oxygen atoms in total. The molecular formula is C34H45F3N6O2S. The molecule has 46 heavy (non-hydrogen) atoms. The fourth-order valence-corrected chi connectivity index (χ4v) is 8.03. The van der Waals surface area contributed by atoms with Crippen LogP contribution in [0.4, 0.5) is 18.9 Å². The molecule has 2 saturated heterocycles. The molecular weight excluding hydrogens is 613 g/mol. The zero-order chi connectivity index (χ0) is 32.1. The molecule has 0 bridgehead atoms. The van der Waals surface area contributed by atoms with Crippen LogP contribution in [0.1, 0.15) is 36.1 Å². The highest BCUT2D eigenvalue weighted by molar-refractivity contribution is 7.99. The zero-order valence-electron chi connectivity index (χ0n) is 26.6. The minimum Gasteiger partial charge on any atom is -0.495 e. The molecule has 1 unspecified atom stereocenters. The number of aliphatic hydroxyl groups is 1. The SMILES string of the molecule is COc1ccccc1N1CCN(CC(O)Cn2nc(-c3ccc(C(F)(F)F)c(SCCN4CCCCC4)c3)c3c2CCNC3)CC1. The highest BCUT2D eigenvalue weighted by Gasteiger charge is 2.34. The number of piperazine rings is 1. The van der Waals surface area contributed by atoms with Gasteiger partial charge in [-0.15, -0.1) is 11.8 Å². The number of thioether (sulfide) groups is 1. The van der Waals surface area contributed by atoms with Gasteiger partial charge in [0.05, 0.1) is 36.7 Å². The molecule has 2 N–H and O–H groups in total. The quantitative estimate of drug-likeness (QED) is 0.280. The predicted octanol–water partition coefficient (Wildman–Crippen LogP) is 4.98. The van der Waals surface area contributed by atoms with E-state index in [2.05, 4.69) is 26.1 Å². The van der Waals surface area contributed by atoms with Crippen molar-refractivity contribution in [3.8, 4) is 17.0 Å². The molecule has 2 fully saturated rings. The van der Waals surface area contributed by atoms with Crippen molar-refractivity contribution in [2.75, 3.05) is 76.7 Å². The summed E-state index contributed by atoms with van der Waals surface area (Å²) in [6.45, 7) is 8.42. The third kappa shape index (κ3) is 7.84. The van der Waals surface area contributed by atoms with Gasteiger partial charge in [-0.2, -0.15) is 18.3 Å². The summed E-state index contributed by atoms with van der Waals surface area (Å²) in [4.78, 5) is 7.19. The number of hydrogen-bond acceptors (Lipinski definition) is 8. The van der Waals surface area contributed by atoms with E-state index in [-0.39, 0.29) is 4.90 Å². The second-order valence-corrected chi connectivity index (χ2v) is 13.6. The first kappa shape index (κ1) is 33.1. The van der Waals surface area contributed by atoms with Crippen molar-refractivity contribution in [3.63, 3.8) is 0 Å². The van der Waals surface area contributed by atoms with Crippen LogP contribution in [-0.2, 0) is 25.7 Å². The summed E-state index contributed by atoms with van der Waals surface area (Å²) >= 11 is 1.28. The Bertz CT molecular complexity index is 1450. The van der Waals surface area contributed by atoms with E-state index in [1.165, 1.54) is 24.2 Å². The van der Waals surface area contributed by atoms with Gasteiger partial charge in [0.2, 0.25) is 0 Å². The summed E-state index contributed by atoms with van der Waals surface area (Å²) in [5.74, 6) is 1.47. The molecule has 0 aliphatic carbocycles. The number of aromatic nitrogens is 2. The molecule has 3 aliphatic heterocycles. The number of ether oxygens (including phenoxy) is 1. The van der Waals surface area contributed by atoms with Gasteiger partial charge in [-0.3, -0.25) is 9.58 Å². The van der Waals surface area contributed by atoms with Crippen molar-refractivity contribution >= 4 is 17.4 Å². The Morgan fingerprint density at radius 2 is 1.76 bits per heavy atom. The lowest BCUT2D eigenvalue weighted by Gasteiger charge is -2.37. The Kier molecular flexibility index (Phi) is 10.8. The van der Waals surface area contributed by atoms with Gasteiger partial charge in [0.15, 0.2) is 0 Å². The fourth-order valence-electron chi connectivity index (χ4n) is 6.91. The van der Waals surface area contributed by atoms with E-state index in [1.54, 1.807) is 19.2 Å². The van der Waals surface area contributed by atoms with Crippen molar-refractivity contribution in [2.45, 2.75) is 55.9 Å². The van der Waals surface area contributed by atoms with Gasteiger partial charge in [0.1, 0.15) is 5.75 Å². The summed E-state index contributed by atoms with van der Waals surface area (Å²) in [6.07, 6.45) is -0.748. The second kappa shape index (κ2) is 15.0. The van der Waals surface area contributed by atoms with E-state index < -0.39 is 17.8 Å². The maximum Gasteiger partial charge on any atom is 0.417 e. The first-order valence-electron chi connectivity index (χ1n) is 16.4. The third-order valence-corrected chi connectivity index (χ3v) is 10.4. The summed E-state index contributed by atoms with van der Waals surface area (Å²) in [5.41, 5.74) is 3.94. The average molecular weight is 659 g/mol. The maximum absolute atomic E-state index is 14.0. The molecule has 2 aromatic carbocycles. The fraction of sp³-hybridized carbons (Fsp3) is 0.559. The van der Waals surface area contributed by atoms with Crippen LogP contribution < -0.4 is 15.0 Å². The number of anilines is 1. The van der Waals surface area contributed by atoms with Gasteiger partial charge in [0.25, 0.3) is 0 Å². The number of rotatable bonds is 11. The highest BCUT2D eigenvalue weighted by atomic mass is 32.2. The number of fused-ring (bicyclic) bond motifs is 1. The van der Waals surface area contributed by atoms with E-state index in [0.29, 0.717) is 36.6 Å². The van der Waals surface area contributed by atoms with Gasteiger partial charge in [-0.1, -0.05) is 24.6 Å². The van der Waals surface area contributed by atoms with Crippen LogP contribution in [-0.4, -0.2) is 103 Å². The molecule has 12 heteroatoms. The number of aliphatic hydroxyl groups excluding tert-OH is 1. The van der Waals surface area contributed by atoms with Crippen LogP contribution in [0.2, 0.25) is 0 Å². The van der Waals surface area contributed by atoms with Gasteiger partial charge in [-0.05, 0) is 50.2 Å². The van der Waals surface area contributed by atoms with Crippen molar-refractivity contribution in [2.24, 2.45) is 0 Å². The third-order valence-electron chi connectivity index (χ3n) is 9.33. The first-order chi connectivity index (χ1) is 22.3. The molecule has 3 aliphatic rings.